The molecular formula is C14H22ClFN2O4S. The molecular weight excluding hydrogens is 347 g/mol. The molecule has 3 N–H and O–H groups in total. The molecule has 1 aromatic rings. The number of nitrogens with two attached hydrogens (primary N) is 1. The maximum absolute atomic E-state index is 14.2. The zero-order valence-corrected chi connectivity index (χ0v) is 14.7. The third kappa shape index (κ3) is 4.06. The minimum Gasteiger partial charge on any atom is -0.493 e. The van der Waals surface area contributed by atoms with Crippen molar-refractivity contribution in [3.05, 3.63) is 17.9 Å². The Morgan fingerprint density at radius 1 is 1.22 bits per heavy atom. The predicted molar refractivity (Wildman–Crippen MR) is 87.3 cm³/mol. The Morgan fingerprint density at radius 2 is 1.74 bits per heavy atom. The average molecular weight is 369 g/mol. The highest BCUT2D eigenvalue weighted by molar-refractivity contribution is 7.89. The van der Waals surface area contributed by atoms with Gasteiger partial charge in [0.25, 0.3) is 0 Å². The van der Waals surface area contributed by atoms with Gasteiger partial charge in [-0.2, -0.15) is 0 Å². The number of rotatable bonds is 6. The number of ether oxygens (including phenoxy) is 2. The van der Waals surface area contributed by atoms with Gasteiger partial charge in [-0.15, -0.1) is 12.4 Å². The summed E-state index contributed by atoms with van der Waals surface area (Å²) in [5, 5.41) is 0. The molecule has 6 nitrogen and oxygen atoms in total. The van der Waals surface area contributed by atoms with Crippen molar-refractivity contribution in [1.29, 1.82) is 0 Å². The zero-order valence-electron chi connectivity index (χ0n) is 13.1. The van der Waals surface area contributed by atoms with Crippen molar-refractivity contribution in [2.45, 2.75) is 36.1 Å². The minimum atomic E-state index is -4.04. The lowest BCUT2D eigenvalue weighted by atomic mass is 10.0. The maximum atomic E-state index is 14.2. The fourth-order valence-corrected chi connectivity index (χ4v) is 4.33. The van der Waals surface area contributed by atoms with Crippen LogP contribution in [0.1, 0.15) is 25.7 Å². The lowest BCUT2D eigenvalue weighted by molar-refractivity contribution is 0.349. The number of hydrogen-bond donors (Lipinski definition) is 2. The van der Waals surface area contributed by atoms with E-state index in [2.05, 4.69) is 4.72 Å². The highest BCUT2D eigenvalue weighted by Crippen LogP contribution is 2.34. The summed E-state index contributed by atoms with van der Waals surface area (Å²) in [5.41, 5.74) is 5.03. The molecule has 0 amide bonds. The van der Waals surface area contributed by atoms with Crippen LogP contribution in [-0.4, -0.2) is 34.7 Å². The summed E-state index contributed by atoms with van der Waals surface area (Å²) in [4.78, 5) is -0.468. The summed E-state index contributed by atoms with van der Waals surface area (Å²) in [7, 11) is -1.33. The van der Waals surface area contributed by atoms with E-state index in [9.17, 15) is 12.8 Å². The molecule has 0 bridgehead atoms. The van der Waals surface area contributed by atoms with Gasteiger partial charge in [-0.05, 0) is 12.8 Å². The molecule has 0 unspecified atom stereocenters. The molecule has 0 radical (unpaired) electrons. The van der Waals surface area contributed by atoms with Gasteiger partial charge in [-0.1, -0.05) is 12.8 Å². The van der Waals surface area contributed by atoms with Crippen LogP contribution in [0.4, 0.5) is 4.39 Å². The van der Waals surface area contributed by atoms with E-state index in [4.69, 9.17) is 15.2 Å². The Balaban J connectivity index is 0.00000264. The quantitative estimate of drug-likeness (QED) is 0.799. The molecule has 0 saturated heterocycles. The van der Waals surface area contributed by atoms with Crippen LogP contribution in [-0.2, 0) is 10.0 Å². The molecule has 0 atom stereocenters. The number of halogens is 2. The van der Waals surface area contributed by atoms with Crippen LogP contribution in [0.2, 0.25) is 0 Å². The van der Waals surface area contributed by atoms with Crippen molar-refractivity contribution in [2.75, 3.05) is 20.8 Å². The van der Waals surface area contributed by atoms with Gasteiger partial charge in [0.15, 0.2) is 11.5 Å². The van der Waals surface area contributed by atoms with Crippen LogP contribution in [0.5, 0.6) is 11.5 Å². The Labute approximate surface area is 142 Å². The Morgan fingerprint density at radius 3 is 2.22 bits per heavy atom. The Hall–Kier alpha value is -1.09. The van der Waals surface area contributed by atoms with Crippen LogP contribution in [0.15, 0.2) is 17.0 Å². The van der Waals surface area contributed by atoms with Crippen molar-refractivity contribution in [1.82, 2.24) is 4.72 Å². The second kappa shape index (κ2) is 7.65. The largest absolute Gasteiger partial charge is 0.493 e. The summed E-state index contributed by atoms with van der Waals surface area (Å²) in [6.45, 7) is 0.182. The molecule has 9 heteroatoms. The molecule has 0 aromatic heterocycles. The molecule has 0 aliphatic heterocycles. The van der Waals surface area contributed by atoms with Gasteiger partial charge in [-0.25, -0.2) is 17.5 Å². The van der Waals surface area contributed by atoms with Gasteiger partial charge in [0.1, 0.15) is 10.7 Å². The third-order valence-corrected chi connectivity index (χ3v) is 5.62. The van der Waals surface area contributed by atoms with Gasteiger partial charge in [0, 0.05) is 24.2 Å². The normalized spacial score (nSPS) is 16.7. The van der Waals surface area contributed by atoms with Crippen LogP contribution < -0.4 is 19.9 Å². The van der Waals surface area contributed by atoms with E-state index in [0.29, 0.717) is 12.8 Å². The average Bonchev–Trinajstić information content (AvgIpc) is 2.94. The van der Waals surface area contributed by atoms with E-state index in [1.807, 2.05) is 0 Å². The van der Waals surface area contributed by atoms with Gasteiger partial charge in [-0.3, -0.25) is 0 Å². The summed E-state index contributed by atoms with van der Waals surface area (Å²) in [5.74, 6) is -0.610. The fraction of sp³-hybridized carbons (Fsp3) is 0.571. The first-order valence-corrected chi connectivity index (χ1v) is 8.51. The number of sulfonamides is 1. The number of hydrogen-bond acceptors (Lipinski definition) is 5. The summed E-state index contributed by atoms with van der Waals surface area (Å²) < 4.78 is 51.8. The van der Waals surface area contributed by atoms with Gasteiger partial charge < -0.3 is 15.2 Å². The van der Waals surface area contributed by atoms with E-state index in [1.54, 1.807) is 0 Å². The van der Waals surface area contributed by atoms with Crippen molar-refractivity contribution in [3.8, 4) is 11.5 Å². The summed E-state index contributed by atoms with van der Waals surface area (Å²) in [6, 6.07) is 2.12. The highest BCUT2D eigenvalue weighted by Gasteiger charge is 2.38. The molecule has 1 aliphatic rings. The van der Waals surface area contributed by atoms with Crippen LogP contribution in [0.3, 0.4) is 0 Å². The molecule has 132 valence electrons. The van der Waals surface area contributed by atoms with Gasteiger partial charge in [0.05, 0.1) is 14.2 Å². The summed E-state index contributed by atoms with van der Waals surface area (Å²) in [6.07, 6.45) is 3.09. The zero-order chi connectivity index (χ0) is 16.4. The van der Waals surface area contributed by atoms with Crippen molar-refractivity contribution in [2.24, 2.45) is 5.73 Å². The number of methoxy groups -OCH3 is 2. The molecule has 1 saturated carbocycles. The minimum absolute atomic E-state index is 0. The second-order valence-corrected chi connectivity index (χ2v) is 7.09. The van der Waals surface area contributed by atoms with Crippen molar-refractivity contribution < 1.29 is 22.3 Å². The SMILES string of the molecule is COc1cc(F)c(S(=O)(=O)NC2(CN)CCCC2)cc1OC.Cl. The van der Waals surface area contributed by atoms with Gasteiger partial charge >= 0.3 is 0 Å². The van der Waals surface area contributed by atoms with Crippen LogP contribution in [0.25, 0.3) is 0 Å². The lowest BCUT2D eigenvalue weighted by Gasteiger charge is -2.28. The second-order valence-electron chi connectivity index (χ2n) is 5.43. The topological polar surface area (TPSA) is 90.7 Å². The monoisotopic (exact) mass is 368 g/mol. The first-order chi connectivity index (χ1) is 10.4. The van der Waals surface area contributed by atoms with Crippen LogP contribution in [0, 0.1) is 5.82 Å². The molecule has 23 heavy (non-hydrogen) atoms. The Bertz CT molecular complexity index is 648. The van der Waals surface area contributed by atoms with E-state index < -0.39 is 26.3 Å². The maximum Gasteiger partial charge on any atom is 0.244 e. The molecule has 1 aliphatic carbocycles. The molecule has 2 rings (SSSR count). The standard InChI is InChI=1S/C14H21FN2O4S.ClH/c1-20-11-7-10(15)13(8-12(11)21-2)22(18,19)17-14(9-16)5-3-4-6-14;/h7-8,17H,3-6,9,16H2,1-2H3;1H. The third-order valence-electron chi connectivity index (χ3n) is 4.03. The fourth-order valence-electron chi connectivity index (χ4n) is 2.78. The predicted octanol–water partition coefficient (Wildman–Crippen LogP) is 1.81. The Kier molecular flexibility index (Phi) is 6.64. The lowest BCUT2D eigenvalue weighted by Crippen LogP contribution is -2.51. The first-order valence-electron chi connectivity index (χ1n) is 7.03. The van der Waals surface area contributed by atoms with Gasteiger partial charge in [0.2, 0.25) is 10.0 Å². The molecule has 1 fully saturated rings. The highest BCUT2D eigenvalue weighted by atomic mass is 35.5. The van der Waals surface area contributed by atoms with Crippen molar-refractivity contribution in [3.63, 3.8) is 0 Å². The number of benzene rings is 1. The molecule has 0 heterocycles. The smallest absolute Gasteiger partial charge is 0.244 e. The van der Waals surface area contributed by atoms with Crippen LogP contribution >= 0.6 is 12.4 Å². The van der Waals surface area contributed by atoms with E-state index in [0.717, 1.165) is 25.0 Å². The molecule has 0 spiro atoms. The molecule has 1 aromatic carbocycles. The first kappa shape index (κ1) is 20.0. The van der Waals surface area contributed by atoms with E-state index >= 15 is 0 Å². The summed E-state index contributed by atoms with van der Waals surface area (Å²) >= 11 is 0. The van der Waals surface area contributed by atoms with Crippen molar-refractivity contribution >= 4 is 22.4 Å². The van der Waals surface area contributed by atoms with E-state index in [1.165, 1.54) is 14.2 Å². The van der Waals surface area contributed by atoms with E-state index in [-0.39, 0.29) is 30.5 Å². The number of nitrogens with one attached hydrogen (secondary N) is 1.